The largest absolute Gasteiger partial charge is 0.492 e. The number of amides is 3. The molecule has 3 amide bonds. The molecule has 0 saturated carbocycles. The second-order valence-corrected chi connectivity index (χ2v) is 6.87. The van der Waals surface area contributed by atoms with E-state index in [9.17, 15) is 19.2 Å². The minimum absolute atomic E-state index is 0.0402. The third kappa shape index (κ3) is 5.23. The van der Waals surface area contributed by atoms with E-state index in [1.165, 1.54) is 6.07 Å². The molecule has 0 saturated heterocycles. The average molecular weight is 401 g/mol. The summed E-state index contributed by atoms with van der Waals surface area (Å²) in [6, 6.07) is 11.0. The highest BCUT2D eigenvalue weighted by molar-refractivity contribution is 5.96. The van der Waals surface area contributed by atoms with Gasteiger partial charge in [-0.15, -0.1) is 0 Å². The van der Waals surface area contributed by atoms with Crippen molar-refractivity contribution in [3.05, 3.63) is 65.0 Å². The predicted octanol–water partition coefficient (Wildman–Crippen LogP) is 2.61. The first-order valence-corrected chi connectivity index (χ1v) is 9.50. The molecule has 0 spiro atoms. The normalized spacial score (nSPS) is 13.2. The first kappa shape index (κ1) is 20.6. The van der Waals surface area contributed by atoms with Gasteiger partial charge in [0.05, 0.1) is 6.54 Å². The van der Waals surface area contributed by atoms with E-state index >= 15 is 0 Å². The molecule has 1 aliphatic heterocycles. The van der Waals surface area contributed by atoms with Gasteiger partial charge in [0.1, 0.15) is 18.2 Å². The Morgan fingerprint density at radius 3 is 2.83 bits per heavy atom. The van der Waals surface area contributed by atoms with Gasteiger partial charge in [-0.2, -0.15) is 0 Å². The van der Waals surface area contributed by atoms with E-state index in [2.05, 4.69) is 0 Å². The van der Waals surface area contributed by atoms with E-state index in [0.717, 1.165) is 5.56 Å². The van der Waals surface area contributed by atoms with Crippen molar-refractivity contribution in [1.82, 2.24) is 9.96 Å². The summed E-state index contributed by atoms with van der Waals surface area (Å²) >= 11 is 0. The molecule has 0 aromatic heterocycles. The van der Waals surface area contributed by atoms with Crippen LogP contribution in [0.1, 0.15) is 27.9 Å². The second-order valence-electron chi connectivity index (χ2n) is 6.87. The number of ether oxygens (including phenoxy) is 1. The Hall–Kier alpha value is -3.13. The van der Waals surface area contributed by atoms with Crippen LogP contribution in [0.2, 0.25) is 0 Å². The van der Waals surface area contributed by atoms with E-state index in [4.69, 9.17) is 10.5 Å². The van der Waals surface area contributed by atoms with Gasteiger partial charge in [-0.3, -0.25) is 10.0 Å². The molecule has 0 atom stereocenters. The van der Waals surface area contributed by atoms with Crippen molar-refractivity contribution in [2.75, 3.05) is 26.2 Å². The molecule has 1 aliphatic rings. The van der Waals surface area contributed by atoms with Gasteiger partial charge in [-0.05, 0) is 54.7 Å². The Morgan fingerprint density at radius 1 is 1.28 bits per heavy atom. The minimum Gasteiger partial charge on any atom is -0.492 e. The lowest BCUT2D eigenvalue weighted by molar-refractivity contribution is -0.0464. The molecule has 2 aromatic rings. The van der Waals surface area contributed by atoms with Crippen LogP contribution in [0.25, 0.3) is 0 Å². The molecule has 0 aliphatic carbocycles. The highest BCUT2D eigenvalue weighted by Crippen LogP contribution is 2.24. The fourth-order valence-corrected chi connectivity index (χ4v) is 3.34. The molecular weight excluding hydrogens is 377 g/mol. The summed E-state index contributed by atoms with van der Waals surface area (Å²) < 4.78 is 19.2. The van der Waals surface area contributed by atoms with Gasteiger partial charge in [0.2, 0.25) is 0 Å². The van der Waals surface area contributed by atoms with Gasteiger partial charge < -0.3 is 15.4 Å². The molecular formula is C21H24FN3O4. The summed E-state index contributed by atoms with van der Waals surface area (Å²) in [4.78, 5) is 25.3. The molecule has 0 bridgehead atoms. The van der Waals surface area contributed by atoms with E-state index in [-0.39, 0.29) is 24.9 Å². The Balaban J connectivity index is 1.53. The lowest BCUT2D eigenvalue weighted by Crippen LogP contribution is -2.38. The molecule has 2 aromatic carbocycles. The van der Waals surface area contributed by atoms with Crippen LogP contribution in [0, 0.1) is 5.82 Å². The van der Waals surface area contributed by atoms with Crippen LogP contribution in [0.3, 0.4) is 0 Å². The lowest BCUT2D eigenvalue weighted by Gasteiger charge is -2.29. The Kier molecular flexibility index (Phi) is 6.66. The summed E-state index contributed by atoms with van der Waals surface area (Å²) in [6.45, 7) is 1.19. The zero-order valence-electron chi connectivity index (χ0n) is 16.0. The maximum Gasteiger partial charge on any atom is 0.338 e. The summed E-state index contributed by atoms with van der Waals surface area (Å²) in [7, 11) is 0. The first-order chi connectivity index (χ1) is 14.0. The number of fused-ring (bicyclic) bond motifs is 1. The van der Waals surface area contributed by atoms with Crippen molar-refractivity contribution in [2.24, 2.45) is 5.73 Å². The van der Waals surface area contributed by atoms with Gasteiger partial charge >= 0.3 is 6.03 Å². The molecule has 154 valence electrons. The number of primary amides is 1. The number of hydroxylamine groups is 2. The van der Waals surface area contributed by atoms with Gasteiger partial charge in [0, 0.05) is 18.7 Å². The fraction of sp³-hybridized carbons (Fsp3) is 0.333. The van der Waals surface area contributed by atoms with E-state index in [1.807, 2.05) is 6.07 Å². The first-order valence-electron chi connectivity index (χ1n) is 9.50. The van der Waals surface area contributed by atoms with Crippen molar-refractivity contribution in [1.29, 1.82) is 0 Å². The minimum atomic E-state index is -0.945. The van der Waals surface area contributed by atoms with Crippen LogP contribution in [-0.4, -0.2) is 53.3 Å². The number of carbonyl (C=O) groups is 2. The maximum absolute atomic E-state index is 13.7. The maximum atomic E-state index is 13.7. The smallest absolute Gasteiger partial charge is 0.338 e. The van der Waals surface area contributed by atoms with Crippen LogP contribution >= 0.6 is 0 Å². The highest BCUT2D eigenvalue weighted by atomic mass is 19.1. The molecule has 8 heteroatoms. The monoisotopic (exact) mass is 401 g/mol. The Labute approximate surface area is 168 Å². The third-order valence-electron chi connectivity index (χ3n) is 4.90. The standard InChI is InChI=1S/C21H24FN3O4/c22-19-6-2-1-4-15(19)5-3-10-24-11-9-16-14-17(7-8-18(16)20(24)26)29-13-12-25(28)21(23)27/h1-2,4,6-8,14,28H,3,5,9-13H2,(H2,23,27). The fourth-order valence-electron chi connectivity index (χ4n) is 3.34. The number of hydrogen-bond acceptors (Lipinski definition) is 4. The summed E-state index contributed by atoms with van der Waals surface area (Å²) in [5, 5.41) is 9.60. The lowest BCUT2D eigenvalue weighted by atomic mass is 9.98. The number of nitrogens with two attached hydrogens (primary N) is 1. The molecule has 29 heavy (non-hydrogen) atoms. The predicted molar refractivity (Wildman–Crippen MR) is 104 cm³/mol. The van der Waals surface area contributed by atoms with Crippen LogP contribution in [0.4, 0.5) is 9.18 Å². The van der Waals surface area contributed by atoms with Crippen LogP contribution in [-0.2, 0) is 12.8 Å². The van der Waals surface area contributed by atoms with Crippen molar-refractivity contribution in [3.63, 3.8) is 0 Å². The van der Waals surface area contributed by atoms with Gasteiger partial charge in [0.15, 0.2) is 0 Å². The summed E-state index contributed by atoms with van der Waals surface area (Å²) in [5.74, 6) is 0.305. The van der Waals surface area contributed by atoms with Crippen molar-refractivity contribution >= 4 is 11.9 Å². The van der Waals surface area contributed by atoms with E-state index < -0.39 is 6.03 Å². The number of halogens is 1. The molecule has 3 N–H and O–H groups in total. The second kappa shape index (κ2) is 9.38. The quantitative estimate of drug-likeness (QED) is 0.525. The molecule has 0 radical (unpaired) electrons. The molecule has 0 fully saturated rings. The van der Waals surface area contributed by atoms with Crippen LogP contribution in [0.5, 0.6) is 5.75 Å². The zero-order chi connectivity index (χ0) is 20.8. The van der Waals surface area contributed by atoms with Crippen LogP contribution < -0.4 is 10.5 Å². The average Bonchev–Trinajstić information content (AvgIpc) is 2.71. The molecule has 3 rings (SSSR count). The number of hydrogen-bond donors (Lipinski definition) is 2. The molecule has 0 unspecified atom stereocenters. The number of urea groups is 1. The number of carbonyl (C=O) groups excluding carboxylic acids is 2. The molecule has 1 heterocycles. The Bertz CT molecular complexity index is 890. The van der Waals surface area contributed by atoms with Gasteiger partial charge in [-0.25, -0.2) is 14.2 Å². The SMILES string of the molecule is NC(=O)N(O)CCOc1ccc2c(c1)CCN(CCCc1ccccc1F)C2=O. The number of rotatable bonds is 8. The van der Waals surface area contributed by atoms with Crippen molar-refractivity contribution < 1.29 is 23.9 Å². The topological polar surface area (TPSA) is 96.1 Å². The highest BCUT2D eigenvalue weighted by Gasteiger charge is 2.24. The molecule has 7 nitrogen and oxygen atoms in total. The van der Waals surface area contributed by atoms with Crippen LogP contribution in [0.15, 0.2) is 42.5 Å². The van der Waals surface area contributed by atoms with E-state index in [0.29, 0.717) is 54.3 Å². The Morgan fingerprint density at radius 2 is 2.07 bits per heavy atom. The zero-order valence-corrected chi connectivity index (χ0v) is 16.0. The number of nitrogens with zero attached hydrogens (tertiary/aromatic N) is 2. The summed E-state index contributed by atoms with van der Waals surface area (Å²) in [5.41, 5.74) is 7.13. The van der Waals surface area contributed by atoms with Crippen molar-refractivity contribution in [3.8, 4) is 5.75 Å². The summed E-state index contributed by atoms with van der Waals surface area (Å²) in [6.07, 6.45) is 1.98. The van der Waals surface area contributed by atoms with E-state index in [1.54, 1.807) is 35.2 Å². The van der Waals surface area contributed by atoms with Gasteiger partial charge in [-0.1, -0.05) is 18.2 Å². The number of aryl methyl sites for hydroxylation is 1. The third-order valence-corrected chi connectivity index (χ3v) is 4.90. The number of benzene rings is 2. The van der Waals surface area contributed by atoms with Gasteiger partial charge in [0.25, 0.3) is 5.91 Å². The van der Waals surface area contributed by atoms with Crippen molar-refractivity contribution in [2.45, 2.75) is 19.3 Å².